The molecule has 8 nitrogen and oxygen atoms in total. The molecule has 1 aliphatic heterocycles. The summed E-state index contributed by atoms with van der Waals surface area (Å²) in [4.78, 5) is 30.0. The number of carbonyl (C=O) groups is 2. The zero-order valence-corrected chi connectivity index (χ0v) is 19.0. The third-order valence-corrected chi connectivity index (χ3v) is 6.62. The second-order valence-corrected chi connectivity index (χ2v) is 8.73. The molecular formula is C25H28N4O4. The number of hydrogen-bond donors (Lipinski definition) is 0. The second-order valence-electron chi connectivity index (χ2n) is 8.73. The van der Waals surface area contributed by atoms with Crippen molar-refractivity contribution in [2.24, 2.45) is 13.0 Å². The third-order valence-electron chi connectivity index (χ3n) is 6.62. The number of aryl methyl sites for hydroxylation is 1. The summed E-state index contributed by atoms with van der Waals surface area (Å²) >= 11 is 0. The Balaban J connectivity index is 1.38. The Morgan fingerprint density at radius 1 is 1.24 bits per heavy atom. The number of benzene rings is 1. The third kappa shape index (κ3) is 4.13. The van der Waals surface area contributed by atoms with Crippen molar-refractivity contribution in [3.8, 4) is 5.75 Å². The lowest BCUT2D eigenvalue weighted by Crippen LogP contribution is -2.37. The maximum absolute atomic E-state index is 13.7. The Morgan fingerprint density at radius 2 is 2.12 bits per heavy atom. The monoisotopic (exact) mass is 448 g/mol. The fourth-order valence-electron chi connectivity index (χ4n) is 4.97. The number of methoxy groups -OCH3 is 1. The summed E-state index contributed by atoms with van der Waals surface area (Å²) in [6.45, 7) is 1.10. The maximum Gasteiger partial charge on any atom is 0.228 e. The van der Waals surface area contributed by atoms with E-state index < -0.39 is 5.92 Å². The first kappa shape index (κ1) is 21.3. The highest BCUT2D eigenvalue weighted by Crippen LogP contribution is 2.31. The summed E-state index contributed by atoms with van der Waals surface area (Å²) in [5, 5.41) is 4.71. The predicted molar refractivity (Wildman–Crippen MR) is 122 cm³/mol. The molecule has 1 aromatic carbocycles. The molecule has 1 atom stereocenters. The number of anilines is 1. The standard InChI is InChI=1S/C25H28N4O4/c1-27-23-10-4-9-21(23)22(26-27)16-28(15-20-8-5-11-33-20)25(31)17-12-24(30)29(14-17)18-6-3-7-19(13-18)32-2/h3,5-8,11,13,17H,4,9-10,12,14-16H2,1-2H3/t17-/m0/s1. The van der Waals surface area contributed by atoms with Crippen LogP contribution >= 0.6 is 0 Å². The van der Waals surface area contributed by atoms with E-state index in [1.807, 2.05) is 48.1 Å². The van der Waals surface area contributed by atoms with Gasteiger partial charge < -0.3 is 19.0 Å². The van der Waals surface area contributed by atoms with E-state index in [0.717, 1.165) is 30.6 Å². The first-order valence-corrected chi connectivity index (χ1v) is 11.3. The second kappa shape index (κ2) is 8.77. The summed E-state index contributed by atoms with van der Waals surface area (Å²) < 4.78 is 12.8. The van der Waals surface area contributed by atoms with Crippen molar-refractivity contribution in [2.45, 2.75) is 38.8 Å². The van der Waals surface area contributed by atoms with Crippen LogP contribution in [0.15, 0.2) is 47.1 Å². The molecule has 2 amide bonds. The van der Waals surface area contributed by atoms with E-state index in [1.54, 1.807) is 23.2 Å². The van der Waals surface area contributed by atoms with Crippen molar-refractivity contribution in [1.29, 1.82) is 0 Å². The highest BCUT2D eigenvalue weighted by atomic mass is 16.5. The fraction of sp³-hybridized carbons (Fsp3) is 0.400. The van der Waals surface area contributed by atoms with Crippen LogP contribution in [0.5, 0.6) is 5.75 Å². The van der Waals surface area contributed by atoms with Crippen LogP contribution < -0.4 is 9.64 Å². The number of rotatable bonds is 7. The smallest absolute Gasteiger partial charge is 0.228 e. The molecule has 2 aliphatic rings. The highest BCUT2D eigenvalue weighted by molar-refractivity contribution is 6.00. The van der Waals surface area contributed by atoms with Crippen LogP contribution in [0.1, 0.15) is 35.6 Å². The largest absolute Gasteiger partial charge is 0.497 e. The van der Waals surface area contributed by atoms with Crippen LogP contribution in [0.2, 0.25) is 0 Å². The van der Waals surface area contributed by atoms with Gasteiger partial charge in [-0.2, -0.15) is 5.10 Å². The number of aromatic nitrogens is 2. The topological polar surface area (TPSA) is 80.8 Å². The lowest BCUT2D eigenvalue weighted by molar-refractivity contribution is -0.137. The summed E-state index contributed by atoms with van der Waals surface area (Å²) in [6.07, 6.45) is 4.93. The van der Waals surface area contributed by atoms with Crippen LogP contribution in [0.3, 0.4) is 0 Å². The van der Waals surface area contributed by atoms with Gasteiger partial charge in [0.05, 0.1) is 38.1 Å². The van der Waals surface area contributed by atoms with Crippen LogP contribution in [0.4, 0.5) is 5.69 Å². The Kier molecular flexibility index (Phi) is 5.66. The maximum atomic E-state index is 13.7. The molecule has 0 radical (unpaired) electrons. The molecule has 172 valence electrons. The zero-order valence-electron chi connectivity index (χ0n) is 19.0. The van der Waals surface area contributed by atoms with Gasteiger partial charge in [0.15, 0.2) is 0 Å². The van der Waals surface area contributed by atoms with E-state index in [-0.39, 0.29) is 18.2 Å². The van der Waals surface area contributed by atoms with Crippen molar-refractivity contribution in [1.82, 2.24) is 14.7 Å². The van der Waals surface area contributed by atoms with Crippen molar-refractivity contribution >= 4 is 17.5 Å². The minimum Gasteiger partial charge on any atom is -0.497 e. The molecule has 0 unspecified atom stereocenters. The number of furan rings is 1. The molecule has 1 aliphatic carbocycles. The molecule has 3 aromatic rings. The summed E-state index contributed by atoms with van der Waals surface area (Å²) in [5.41, 5.74) is 4.21. The molecule has 5 rings (SSSR count). The summed E-state index contributed by atoms with van der Waals surface area (Å²) in [7, 11) is 3.56. The van der Waals surface area contributed by atoms with Crippen LogP contribution in [0, 0.1) is 5.92 Å². The van der Waals surface area contributed by atoms with E-state index in [2.05, 4.69) is 0 Å². The van der Waals surface area contributed by atoms with Gasteiger partial charge in [-0.25, -0.2) is 0 Å². The molecule has 0 saturated carbocycles. The number of amides is 2. The van der Waals surface area contributed by atoms with Crippen LogP contribution in [-0.4, -0.2) is 40.1 Å². The number of carbonyl (C=O) groups excluding carboxylic acids is 2. The minimum absolute atomic E-state index is 0.0532. The first-order valence-electron chi connectivity index (χ1n) is 11.3. The number of nitrogens with zero attached hydrogens (tertiary/aromatic N) is 4. The van der Waals surface area contributed by atoms with Gasteiger partial charge in [0, 0.05) is 37.5 Å². The normalized spacial score (nSPS) is 17.5. The summed E-state index contributed by atoms with van der Waals surface area (Å²) in [6, 6.07) is 11.1. The molecule has 1 fully saturated rings. The number of hydrogen-bond acceptors (Lipinski definition) is 5. The van der Waals surface area contributed by atoms with Crippen molar-refractivity contribution < 1.29 is 18.7 Å². The van der Waals surface area contributed by atoms with Gasteiger partial charge in [0.25, 0.3) is 0 Å². The van der Waals surface area contributed by atoms with Crippen molar-refractivity contribution in [2.75, 3.05) is 18.6 Å². The number of fused-ring (bicyclic) bond motifs is 1. The molecule has 2 aromatic heterocycles. The zero-order chi connectivity index (χ0) is 22.9. The Hall–Kier alpha value is -3.55. The molecule has 0 N–H and O–H groups in total. The fourth-order valence-corrected chi connectivity index (χ4v) is 4.97. The molecular weight excluding hydrogens is 420 g/mol. The Morgan fingerprint density at radius 3 is 2.91 bits per heavy atom. The summed E-state index contributed by atoms with van der Waals surface area (Å²) in [5.74, 6) is 0.861. The van der Waals surface area contributed by atoms with Gasteiger partial charge >= 0.3 is 0 Å². The molecule has 3 heterocycles. The van der Waals surface area contributed by atoms with Gasteiger partial charge in [-0.1, -0.05) is 6.07 Å². The average molecular weight is 449 g/mol. The lowest BCUT2D eigenvalue weighted by Gasteiger charge is -2.24. The van der Waals surface area contributed by atoms with Gasteiger partial charge in [-0.15, -0.1) is 0 Å². The van der Waals surface area contributed by atoms with E-state index in [0.29, 0.717) is 31.1 Å². The molecule has 1 saturated heterocycles. The predicted octanol–water partition coefficient (Wildman–Crippen LogP) is 3.09. The molecule has 0 bridgehead atoms. The van der Waals surface area contributed by atoms with Crippen molar-refractivity contribution in [3.63, 3.8) is 0 Å². The minimum atomic E-state index is -0.421. The van der Waals surface area contributed by atoms with E-state index in [1.165, 1.54) is 11.3 Å². The Bertz CT molecular complexity index is 1170. The van der Waals surface area contributed by atoms with Gasteiger partial charge in [-0.05, 0) is 49.1 Å². The molecule has 0 spiro atoms. The van der Waals surface area contributed by atoms with Crippen molar-refractivity contribution in [3.05, 3.63) is 65.4 Å². The van der Waals surface area contributed by atoms with E-state index in [4.69, 9.17) is 14.3 Å². The average Bonchev–Trinajstić information content (AvgIpc) is 3.61. The Labute approximate surface area is 192 Å². The molecule has 8 heteroatoms. The van der Waals surface area contributed by atoms with Gasteiger partial charge in [-0.3, -0.25) is 14.3 Å². The number of ether oxygens (including phenoxy) is 1. The van der Waals surface area contributed by atoms with E-state index >= 15 is 0 Å². The highest BCUT2D eigenvalue weighted by Gasteiger charge is 2.38. The van der Waals surface area contributed by atoms with Gasteiger partial charge in [0.2, 0.25) is 11.8 Å². The SMILES string of the molecule is COc1cccc(N2C[C@@H](C(=O)N(Cc3ccco3)Cc3nn(C)c4c3CCC4)CC2=O)c1. The van der Waals surface area contributed by atoms with Crippen LogP contribution in [0.25, 0.3) is 0 Å². The first-order chi connectivity index (χ1) is 16.0. The lowest BCUT2D eigenvalue weighted by atomic mass is 10.1. The van der Waals surface area contributed by atoms with E-state index in [9.17, 15) is 9.59 Å². The van der Waals surface area contributed by atoms with Gasteiger partial charge in [0.1, 0.15) is 11.5 Å². The van der Waals surface area contributed by atoms with Crippen LogP contribution in [-0.2, 0) is 42.6 Å². The molecule has 33 heavy (non-hydrogen) atoms. The quantitative estimate of drug-likeness (QED) is 0.555.